The van der Waals surface area contributed by atoms with Gasteiger partial charge in [0.2, 0.25) is 0 Å². The van der Waals surface area contributed by atoms with E-state index in [1.54, 1.807) is 18.2 Å². The quantitative estimate of drug-likeness (QED) is 0.721. The third-order valence-corrected chi connectivity index (χ3v) is 4.83. The van der Waals surface area contributed by atoms with E-state index in [4.69, 9.17) is 5.73 Å². The zero-order valence-corrected chi connectivity index (χ0v) is 14.3. The minimum absolute atomic E-state index is 0.252. The van der Waals surface area contributed by atoms with Crippen molar-refractivity contribution in [3.05, 3.63) is 76.6 Å². The highest BCUT2D eigenvalue weighted by molar-refractivity contribution is 5.63. The van der Waals surface area contributed by atoms with Crippen LogP contribution in [0.3, 0.4) is 0 Å². The number of hydrogen-bond acceptors (Lipinski definition) is 4. The van der Waals surface area contributed by atoms with Crippen molar-refractivity contribution < 1.29 is 13.2 Å². The van der Waals surface area contributed by atoms with Crippen LogP contribution >= 0.6 is 0 Å². The molecule has 7 heteroatoms. The summed E-state index contributed by atoms with van der Waals surface area (Å²) in [5.41, 5.74) is 8.12. The summed E-state index contributed by atoms with van der Waals surface area (Å²) >= 11 is 0. The van der Waals surface area contributed by atoms with Gasteiger partial charge in [0.25, 0.3) is 0 Å². The van der Waals surface area contributed by atoms with Gasteiger partial charge in [-0.05, 0) is 60.0 Å². The average molecular weight is 370 g/mol. The number of nitrogens with two attached hydrogens (primary N) is 1. The molecule has 0 amide bonds. The number of nitrogens with zero attached hydrogens (tertiary/aromatic N) is 2. The maximum Gasteiger partial charge on any atom is 0.146 e. The number of fused-ring (bicyclic) bond motifs is 1. The van der Waals surface area contributed by atoms with E-state index in [0.717, 1.165) is 11.6 Å². The molecule has 0 fully saturated rings. The van der Waals surface area contributed by atoms with Gasteiger partial charge in [-0.25, -0.2) is 13.2 Å². The van der Waals surface area contributed by atoms with E-state index in [0.29, 0.717) is 41.9 Å². The molecular formula is C20H17F3N4. The number of benzene rings is 2. The second-order valence-electron chi connectivity index (χ2n) is 6.56. The predicted octanol–water partition coefficient (Wildman–Crippen LogP) is 3.77. The van der Waals surface area contributed by atoms with E-state index in [2.05, 4.69) is 15.5 Å². The van der Waals surface area contributed by atoms with Crippen LogP contribution in [0, 0.1) is 17.5 Å². The van der Waals surface area contributed by atoms with Crippen molar-refractivity contribution in [3.8, 4) is 11.3 Å². The Morgan fingerprint density at radius 3 is 2.52 bits per heavy atom. The molecule has 1 aromatic heterocycles. The maximum absolute atomic E-state index is 14.9. The van der Waals surface area contributed by atoms with Crippen LogP contribution in [0.25, 0.3) is 11.3 Å². The summed E-state index contributed by atoms with van der Waals surface area (Å²) in [6.45, 7) is 1.15. The van der Waals surface area contributed by atoms with Gasteiger partial charge in [-0.3, -0.25) is 0 Å². The molecule has 0 spiro atoms. The van der Waals surface area contributed by atoms with Crippen molar-refractivity contribution in [2.45, 2.75) is 18.9 Å². The summed E-state index contributed by atoms with van der Waals surface area (Å²) in [4.78, 5) is 0. The Balaban J connectivity index is 1.82. The Morgan fingerprint density at radius 1 is 0.926 bits per heavy atom. The number of nitrogen functional groups attached to an aromatic ring is 1. The van der Waals surface area contributed by atoms with Crippen molar-refractivity contribution in [1.82, 2.24) is 15.5 Å². The minimum Gasteiger partial charge on any atom is -0.382 e. The molecule has 1 aliphatic heterocycles. The first kappa shape index (κ1) is 17.5. The summed E-state index contributed by atoms with van der Waals surface area (Å²) in [5.74, 6) is -1.84. The molecule has 4 rings (SSSR count). The first-order valence-corrected chi connectivity index (χ1v) is 8.60. The van der Waals surface area contributed by atoms with Crippen LogP contribution in [0.5, 0.6) is 0 Å². The molecule has 0 radical (unpaired) electrons. The Bertz CT molecular complexity index is 989. The predicted molar refractivity (Wildman–Crippen MR) is 96.4 cm³/mol. The van der Waals surface area contributed by atoms with Gasteiger partial charge < -0.3 is 11.1 Å². The standard InChI is InChI=1S/C20H17F3N4/c21-12-1-2-14(17(22)8-12)13-5-6-25-10-11-7-16(18(23)9-15(11)13)19-3-4-20(24)27-26-19/h1-4,7-9,13,25H,5-6,10H2,(H2,24,27). The molecule has 1 unspecified atom stereocenters. The topological polar surface area (TPSA) is 63.8 Å². The number of halogens is 3. The maximum atomic E-state index is 14.9. The van der Waals surface area contributed by atoms with Crippen LogP contribution < -0.4 is 11.1 Å². The second-order valence-corrected chi connectivity index (χ2v) is 6.56. The number of rotatable bonds is 2. The molecule has 2 heterocycles. The molecule has 1 aliphatic rings. The summed E-state index contributed by atoms with van der Waals surface area (Å²) in [5, 5.41) is 11.0. The van der Waals surface area contributed by atoms with E-state index in [9.17, 15) is 13.2 Å². The highest BCUT2D eigenvalue weighted by Gasteiger charge is 2.25. The fraction of sp³-hybridized carbons (Fsp3) is 0.200. The monoisotopic (exact) mass is 370 g/mol. The zero-order chi connectivity index (χ0) is 19.0. The van der Waals surface area contributed by atoms with E-state index in [1.807, 2.05) is 0 Å². The number of anilines is 1. The lowest BCUT2D eigenvalue weighted by Gasteiger charge is -2.20. The summed E-state index contributed by atoms with van der Waals surface area (Å²) < 4.78 is 42.5. The fourth-order valence-corrected chi connectivity index (χ4v) is 3.53. The summed E-state index contributed by atoms with van der Waals surface area (Å²) in [6.07, 6.45) is 0.579. The normalized spacial score (nSPS) is 16.6. The van der Waals surface area contributed by atoms with Gasteiger partial charge in [-0.15, -0.1) is 10.2 Å². The smallest absolute Gasteiger partial charge is 0.146 e. The van der Waals surface area contributed by atoms with Gasteiger partial charge in [0.1, 0.15) is 23.3 Å². The second kappa shape index (κ2) is 7.00. The van der Waals surface area contributed by atoms with Crippen LogP contribution in [0.15, 0.2) is 42.5 Å². The van der Waals surface area contributed by atoms with Crippen molar-refractivity contribution >= 4 is 5.82 Å². The van der Waals surface area contributed by atoms with Crippen LogP contribution in [-0.4, -0.2) is 16.7 Å². The van der Waals surface area contributed by atoms with Crippen molar-refractivity contribution in [1.29, 1.82) is 0 Å². The minimum atomic E-state index is -0.633. The molecular weight excluding hydrogens is 353 g/mol. The Morgan fingerprint density at radius 2 is 1.78 bits per heavy atom. The Kier molecular flexibility index (Phi) is 4.53. The molecule has 138 valence electrons. The molecule has 0 saturated carbocycles. The number of aromatic nitrogens is 2. The fourth-order valence-electron chi connectivity index (χ4n) is 3.53. The Labute approximate surface area is 154 Å². The van der Waals surface area contributed by atoms with Crippen LogP contribution in [-0.2, 0) is 6.54 Å². The number of hydrogen-bond donors (Lipinski definition) is 2. The molecule has 27 heavy (non-hydrogen) atoms. The molecule has 3 N–H and O–H groups in total. The summed E-state index contributed by atoms with van der Waals surface area (Å²) in [7, 11) is 0. The van der Waals surface area contributed by atoms with E-state index >= 15 is 0 Å². The van der Waals surface area contributed by atoms with E-state index < -0.39 is 17.5 Å². The van der Waals surface area contributed by atoms with Gasteiger partial charge in [0, 0.05) is 24.1 Å². The van der Waals surface area contributed by atoms with Crippen molar-refractivity contribution in [2.24, 2.45) is 0 Å². The van der Waals surface area contributed by atoms with Crippen LogP contribution in [0.2, 0.25) is 0 Å². The van der Waals surface area contributed by atoms with Gasteiger partial charge in [-0.1, -0.05) is 6.07 Å². The zero-order valence-electron chi connectivity index (χ0n) is 14.3. The average Bonchev–Trinajstić information content (AvgIpc) is 2.84. The third kappa shape index (κ3) is 3.38. The molecule has 4 nitrogen and oxygen atoms in total. The van der Waals surface area contributed by atoms with Gasteiger partial charge in [0.05, 0.1) is 5.69 Å². The first-order valence-electron chi connectivity index (χ1n) is 8.60. The molecule has 1 atom stereocenters. The molecule has 0 aliphatic carbocycles. The SMILES string of the molecule is Nc1ccc(-c2cc3c(cc2F)C(c2ccc(F)cc2F)CCNC3)nn1. The number of nitrogens with one attached hydrogen (secondary N) is 1. The third-order valence-electron chi connectivity index (χ3n) is 4.83. The largest absolute Gasteiger partial charge is 0.382 e. The van der Waals surface area contributed by atoms with Gasteiger partial charge in [-0.2, -0.15) is 0 Å². The van der Waals surface area contributed by atoms with Gasteiger partial charge >= 0.3 is 0 Å². The molecule has 2 aromatic carbocycles. The highest BCUT2D eigenvalue weighted by atomic mass is 19.1. The van der Waals surface area contributed by atoms with E-state index in [1.165, 1.54) is 18.2 Å². The van der Waals surface area contributed by atoms with Crippen molar-refractivity contribution in [2.75, 3.05) is 12.3 Å². The van der Waals surface area contributed by atoms with Crippen LogP contribution in [0.1, 0.15) is 29.0 Å². The Hall–Kier alpha value is -2.93. The van der Waals surface area contributed by atoms with Crippen LogP contribution in [0.4, 0.5) is 19.0 Å². The lowest BCUT2D eigenvalue weighted by atomic mass is 9.85. The lowest BCUT2D eigenvalue weighted by molar-refractivity contribution is 0.554. The molecule has 0 saturated heterocycles. The summed E-state index contributed by atoms with van der Waals surface area (Å²) in [6, 6.07) is 9.81. The van der Waals surface area contributed by atoms with E-state index in [-0.39, 0.29) is 11.7 Å². The van der Waals surface area contributed by atoms with Crippen molar-refractivity contribution in [3.63, 3.8) is 0 Å². The van der Waals surface area contributed by atoms with Gasteiger partial charge in [0.15, 0.2) is 0 Å². The lowest BCUT2D eigenvalue weighted by Crippen LogP contribution is -2.13. The molecule has 3 aromatic rings. The molecule has 0 bridgehead atoms. The first-order chi connectivity index (χ1) is 13.0. The highest BCUT2D eigenvalue weighted by Crippen LogP contribution is 2.36.